The van der Waals surface area contributed by atoms with E-state index >= 15 is 0 Å². The second-order valence-corrected chi connectivity index (χ2v) is 4.16. The third-order valence-electron chi connectivity index (χ3n) is 3.12. The summed E-state index contributed by atoms with van der Waals surface area (Å²) in [7, 11) is 1.67. The SMILES string of the molecule is COc1ccc(C2=C/C(=C(/C)C#N)CC2)cc1. The summed E-state index contributed by atoms with van der Waals surface area (Å²) in [6.45, 7) is 1.88. The van der Waals surface area contributed by atoms with E-state index in [1.807, 2.05) is 19.1 Å². The van der Waals surface area contributed by atoms with Crippen molar-refractivity contribution in [3.63, 3.8) is 0 Å². The van der Waals surface area contributed by atoms with Gasteiger partial charge in [-0.15, -0.1) is 0 Å². The molecule has 0 saturated carbocycles. The van der Waals surface area contributed by atoms with E-state index in [4.69, 9.17) is 10.00 Å². The van der Waals surface area contributed by atoms with Crippen LogP contribution in [0.3, 0.4) is 0 Å². The van der Waals surface area contributed by atoms with E-state index in [1.54, 1.807) is 7.11 Å². The van der Waals surface area contributed by atoms with Gasteiger partial charge in [0.15, 0.2) is 0 Å². The number of nitrogens with zero attached hydrogens (tertiary/aromatic N) is 1. The highest BCUT2D eigenvalue weighted by atomic mass is 16.5. The molecule has 0 amide bonds. The van der Waals surface area contributed by atoms with E-state index in [0.29, 0.717) is 0 Å². The zero-order valence-corrected chi connectivity index (χ0v) is 10.2. The molecule has 0 aliphatic heterocycles. The molecule has 0 heterocycles. The Morgan fingerprint density at radius 3 is 2.53 bits per heavy atom. The molecule has 2 heteroatoms. The maximum absolute atomic E-state index is 8.87. The van der Waals surface area contributed by atoms with E-state index in [1.165, 1.54) is 16.7 Å². The van der Waals surface area contributed by atoms with Gasteiger partial charge in [0, 0.05) is 5.57 Å². The molecule has 0 unspecified atom stereocenters. The lowest BCUT2D eigenvalue weighted by molar-refractivity contribution is 0.415. The van der Waals surface area contributed by atoms with Crippen molar-refractivity contribution in [2.75, 3.05) is 7.11 Å². The zero-order chi connectivity index (χ0) is 12.3. The molecule has 86 valence electrons. The molecule has 1 aromatic carbocycles. The van der Waals surface area contributed by atoms with Crippen LogP contribution in [0.2, 0.25) is 0 Å². The van der Waals surface area contributed by atoms with Crippen molar-refractivity contribution in [3.05, 3.63) is 47.1 Å². The number of hydrogen-bond donors (Lipinski definition) is 0. The van der Waals surface area contributed by atoms with Gasteiger partial charge >= 0.3 is 0 Å². The molecule has 17 heavy (non-hydrogen) atoms. The van der Waals surface area contributed by atoms with Crippen molar-refractivity contribution in [3.8, 4) is 11.8 Å². The minimum Gasteiger partial charge on any atom is -0.497 e. The predicted octanol–water partition coefficient (Wildman–Crippen LogP) is 3.71. The molecule has 1 aliphatic rings. The highest BCUT2D eigenvalue weighted by Crippen LogP contribution is 2.33. The monoisotopic (exact) mass is 225 g/mol. The van der Waals surface area contributed by atoms with Gasteiger partial charge in [-0.3, -0.25) is 0 Å². The Hall–Kier alpha value is -2.01. The molecular formula is C15H15NO. The number of methoxy groups -OCH3 is 1. The fourth-order valence-electron chi connectivity index (χ4n) is 2.02. The molecule has 0 bridgehead atoms. The van der Waals surface area contributed by atoms with Gasteiger partial charge in [-0.1, -0.05) is 18.2 Å². The summed E-state index contributed by atoms with van der Waals surface area (Å²) in [4.78, 5) is 0. The van der Waals surface area contributed by atoms with Gasteiger partial charge in [-0.05, 0) is 48.6 Å². The van der Waals surface area contributed by atoms with Crippen LogP contribution in [0, 0.1) is 11.3 Å². The lowest BCUT2D eigenvalue weighted by atomic mass is 10.1. The van der Waals surface area contributed by atoms with Crippen LogP contribution in [-0.4, -0.2) is 7.11 Å². The highest BCUT2D eigenvalue weighted by molar-refractivity contribution is 5.72. The van der Waals surface area contributed by atoms with Crippen LogP contribution in [0.15, 0.2) is 41.5 Å². The molecule has 2 nitrogen and oxygen atoms in total. The second kappa shape index (κ2) is 4.88. The summed E-state index contributed by atoms with van der Waals surface area (Å²) in [6, 6.07) is 10.3. The van der Waals surface area contributed by atoms with Gasteiger partial charge in [0.2, 0.25) is 0 Å². The number of hydrogen-bond acceptors (Lipinski definition) is 2. The number of ether oxygens (including phenoxy) is 1. The minimum absolute atomic E-state index is 0.827. The summed E-state index contributed by atoms with van der Waals surface area (Å²) in [5.74, 6) is 0.872. The van der Waals surface area contributed by atoms with Gasteiger partial charge in [-0.2, -0.15) is 5.26 Å². The van der Waals surface area contributed by atoms with Crippen LogP contribution in [-0.2, 0) is 0 Å². The molecule has 1 aromatic rings. The lowest BCUT2D eigenvalue weighted by Gasteiger charge is -2.03. The Labute approximate surface area is 102 Å². The average Bonchev–Trinajstić information content (AvgIpc) is 2.87. The first-order valence-electron chi connectivity index (χ1n) is 5.69. The largest absolute Gasteiger partial charge is 0.497 e. The topological polar surface area (TPSA) is 33.0 Å². The van der Waals surface area contributed by atoms with Gasteiger partial charge < -0.3 is 4.74 Å². The Kier molecular flexibility index (Phi) is 3.30. The maximum Gasteiger partial charge on any atom is 0.118 e. The summed E-state index contributed by atoms with van der Waals surface area (Å²) in [6.07, 6.45) is 4.13. The van der Waals surface area contributed by atoms with Crippen molar-refractivity contribution in [2.45, 2.75) is 19.8 Å². The van der Waals surface area contributed by atoms with Crippen molar-refractivity contribution >= 4 is 5.57 Å². The third-order valence-corrected chi connectivity index (χ3v) is 3.12. The fraction of sp³-hybridized carbons (Fsp3) is 0.267. The molecule has 0 aromatic heterocycles. The van der Waals surface area contributed by atoms with Crippen LogP contribution in [0.25, 0.3) is 5.57 Å². The first kappa shape index (κ1) is 11.5. The number of nitriles is 1. The summed E-state index contributed by atoms with van der Waals surface area (Å²) >= 11 is 0. The summed E-state index contributed by atoms with van der Waals surface area (Å²) < 4.78 is 5.14. The van der Waals surface area contributed by atoms with Gasteiger partial charge in [0.05, 0.1) is 13.2 Å². The van der Waals surface area contributed by atoms with Crippen LogP contribution >= 0.6 is 0 Å². The molecule has 0 saturated heterocycles. The fourth-order valence-corrected chi connectivity index (χ4v) is 2.02. The molecule has 2 rings (SSSR count). The standard InChI is InChI=1S/C15H15NO/c1-11(10-16)13-3-4-14(9-13)12-5-7-15(17-2)8-6-12/h5-9H,3-4H2,1-2H3/b13-11-. The van der Waals surface area contributed by atoms with Crippen molar-refractivity contribution in [1.82, 2.24) is 0 Å². The molecule has 0 N–H and O–H groups in total. The van der Waals surface area contributed by atoms with Crippen molar-refractivity contribution in [1.29, 1.82) is 5.26 Å². The first-order chi connectivity index (χ1) is 8.24. The van der Waals surface area contributed by atoms with E-state index in [9.17, 15) is 0 Å². The molecule has 0 radical (unpaired) electrons. The molecule has 0 fully saturated rings. The Balaban J connectivity index is 2.28. The van der Waals surface area contributed by atoms with E-state index in [0.717, 1.165) is 24.2 Å². The minimum atomic E-state index is 0.827. The van der Waals surface area contributed by atoms with E-state index in [-0.39, 0.29) is 0 Å². The van der Waals surface area contributed by atoms with Crippen LogP contribution in [0.4, 0.5) is 0 Å². The number of rotatable bonds is 2. The van der Waals surface area contributed by atoms with Crippen molar-refractivity contribution < 1.29 is 4.74 Å². The quantitative estimate of drug-likeness (QED) is 0.719. The predicted molar refractivity (Wildman–Crippen MR) is 68.5 cm³/mol. The molecule has 0 atom stereocenters. The summed E-state index contributed by atoms with van der Waals surface area (Å²) in [5, 5.41) is 8.87. The van der Waals surface area contributed by atoms with Crippen LogP contribution < -0.4 is 4.74 Å². The zero-order valence-electron chi connectivity index (χ0n) is 10.2. The van der Waals surface area contributed by atoms with Gasteiger partial charge in [0.25, 0.3) is 0 Å². The Morgan fingerprint density at radius 2 is 1.94 bits per heavy atom. The molecular weight excluding hydrogens is 210 g/mol. The number of allylic oxidation sites excluding steroid dienone is 4. The highest BCUT2D eigenvalue weighted by Gasteiger charge is 2.13. The first-order valence-corrected chi connectivity index (χ1v) is 5.69. The smallest absolute Gasteiger partial charge is 0.118 e. The normalized spacial score (nSPS) is 17.4. The molecule has 1 aliphatic carbocycles. The average molecular weight is 225 g/mol. The Bertz CT molecular complexity index is 515. The van der Waals surface area contributed by atoms with Gasteiger partial charge in [-0.25, -0.2) is 0 Å². The molecule has 0 spiro atoms. The maximum atomic E-state index is 8.87. The third kappa shape index (κ3) is 2.39. The van der Waals surface area contributed by atoms with E-state index < -0.39 is 0 Å². The summed E-state index contributed by atoms with van der Waals surface area (Å²) in [5.41, 5.74) is 4.51. The van der Waals surface area contributed by atoms with Crippen LogP contribution in [0.5, 0.6) is 5.75 Å². The van der Waals surface area contributed by atoms with Crippen LogP contribution in [0.1, 0.15) is 25.3 Å². The lowest BCUT2D eigenvalue weighted by Crippen LogP contribution is -1.84. The van der Waals surface area contributed by atoms with E-state index in [2.05, 4.69) is 24.3 Å². The number of benzene rings is 1. The van der Waals surface area contributed by atoms with Gasteiger partial charge in [0.1, 0.15) is 5.75 Å². The van der Waals surface area contributed by atoms with Crippen molar-refractivity contribution in [2.24, 2.45) is 0 Å². The Morgan fingerprint density at radius 1 is 1.24 bits per heavy atom. The second-order valence-electron chi connectivity index (χ2n) is 4.16.